The fourth-order valence-electron chi connectivity index (χ4n) is 2.66. The molecule has 0 bridgehead atoms. The van der Waals surface area contributed by atoms with Crippen molar-refractivity contribution in [3.05, 3.63) is 24.0 Å². The van der Waals surface area contributed by atoms with Crippen molar-refractivity contribution in [2.75, 3.05) is 24.1 Å². The molecule has 110 valence electrons. The van der Waals surface area contributed by atoms with Crippen molar-refractivity contribution in [2.45, 2.75) is 38.6 Å². The molecule has 0 aromatic heterocycles. The number of hydrogen-bond acceptors (Lipinski definition) is 3. The van der Waals surface area contributed by atoms with E-state index in [4.69, 9.17) is 5.73 Å². The summed E-state index contributed by atoms with van der Waals surface area (Å²) < 4.78 is 13.0. The number of amides is 1. The maximum Gasteiger partial charge on any atom is 0.225 e. The molecule has 4 nitrogen and oxygen atoms in total. The summed E-state index contributed by atoms with van der Waals surface area (Å²) in [5.74, 6) is -0.541. The molecular formula is C15H22FN3O. The van der Waals surface area contributed by atoms with Gasteiger partial charge in [0, 0.05) is 24.2 Å². The molecule has 1 heterocycles. The van der Waals surface area contributed by atoms with Crippen LogP contribution in [-0.4, -0.2) is 29.4 Å². The van der Waals surface area contributed by atoms with E-state index < -0.39 is 5.82 Å². The number of likely N-dealkylation sites (tertiary alicyclic amines) is 1. The molecule has 2 rings (SSSR count). The van der Waals surface area contributed by atoms with Gasteiger partial charge in [0.2, 0.25) is 5.91 Å². The Bertz CT molecular complexity index is 502. The molecule has 3 N–H and O–H groups in total. The maximum atomic E-state index is 13.0. The Balaban J connectivity index is 1.85. The van der Waals surface area contributed by atoms with Crippen LogP contribution in [0.25, 0.3) is 0 Å². The standard InChI is InChI=1S/C15H22FN3O/c1-15(2)7-3-8-19(15)9-6-14(20)18-11-4-5-12(16)13(17)10-11/h4-5,10H,3,6-9,17H2,1-2H3,(H,18,20). The topological polar surface area (TPSA) is 58.4 Å². The van der Waals surface area contributed by atoms with Crippen LogP contribution < -0.4 is 11.1 Å². The molecule has 0 unspecified atom stereocenters. The van der Waals surface area contributed by atoms with Crippen LogP contribution in [0.2, 0.25) is 0 Å². The lowest BCUT2D eigenvalue weighted by Gasteiger charge is -2.31. The normalized spacial score (nSPS) is 18.1. The molecule has 5 heteroatoms. The van der Waals surface area contributed by atoms with Gasteiger partial charge in [0.05, 0.1) is 5.69 Å². The first-order valence-corrected chi connectivity index (χ1v) is 6.98. The molecule has 1 fully saturated rings. The van der Waals surface area contributed by atoms with E-state index in [9.17, 15) is 9.18 Å². The first-order chi connectivity index (χ1) is 9.38. The number of nitrogens with zero attached hydrogens (tertiary/aromatic N) is 1. The Kier molecular flexibility index (Phi) is 4.28. The zero-order valence-electron chi connectivity index (χ0n) is 12.1. The van der Waals surface area contributed by atoms with Crippen molar-refractivity contribution in [3.8, 4) is 0 Å². The molecule has 20 heavy (non-hydrogen) atoms. The van der Waals surface area contributed by atoms with Gasteiger partial charge in [-0.1, -0.05) is 0 Å². The number of carbonyl (C=O) groups is 1. The summed E-state index contributed by atoms with van der Waals surface area (Å²) in [7, 11) is 0. The minimum Gasteiger partial charge on any atom is -0.396 e. The summed E-state index contributed by atoms with van der Waals surface area (Å²) in [4.78, 5) is 14.2. The summed E-state index contributed by atoms with van der Waals surface area (Å²) in [6.45, 7) is 6.20. The second kappa shape index (κ2) is 5.79. The van der Waals surface area contributed by atoms with Crippen molar-refractivity contribution in [2.24, 2.45) is 0 Å². The van der Waals surface area contributed by atoms with E-state index in [0.717, 1.165) is 13.1 Å². The smallest absolute Gasteiger partial charge is 0.225 e. The highest BCUT2D eigenvalue weighted by Crippen LogP contribution is 2.28. The van der Waals surface area contributed by atoms with Crippen LogP contribution in [-0.2, 0) is 4.79 Å². The van der Waals surface area contributed by atoms with Crippen LogP contribution in [0.1, 0.15) is 33.1 Å². The molecule has 0 spiro atoms. The average molecular weight is 279 g/mol. The first kappa shape index (κ1) is 14.8. The molecule has 1 aromatic carbocycles. The van der Waals surface area contributed by atoms with Gasteiger partial charge < -0.3 is 11.1 Å². The third-order valence-electron chi connectivity index (χ3n) is 3.96. The third kappa shape index (κ3) is 3.48. The van der Waals surface area contributed by atoms with Crippen molar-refractivity contribution in [3.63, 3.8) is 0 Å². The number of rotatable bonds is 4. The Labute approximate surface area is 119 Å². The van der Waals surface area contributed by atoms with Gasteiger partial charge in [-0.2, -0.15) is 0 Å². The van der Waals surface area contributed by atoms with Gasteiger partial charge in [0.15, 0.2) is 0 Å². The monoisotopic (exact) mass is 279 g/mol. The quantitative estimate of drug-likeness (QED) is 0.833. The predicted octanol–water partition coefficient (Wildman–Crippen LogP) is 2.61. The number of hydrogen-bond donors (Lipinski definition) is 2. The van der Waals surface area contributed by atoms with E-state index in [0.29, 0.717) is 12.1 Å². The van der Waals surface area contributed by atoms with Crippen molar-refractivity contribution < 1.29 is 9.18 Å². The van der Waals surface area contributed by atoms with Gasteiger partial charge in [-0.3, -0.25) is 9.69 Å². The molecule has 1 aromatic rings. The Morgan fingerprint density at radius 3 is 2.85 bits per heavy atom. The van der Waals surface area contributed by atoms with Crippen molar-refractivity contribution in [1.29, 1.82) is 0 Å². The van der Waals surface area contributed by atoms with Crippen LogP contribution >= 0.6 is 0 Å². The molecule has 0 saturated carbocycles. The highest BCUT2D eigenvalue weighted by atomic mass is 19.1. The minimum atomic E-state index is -0.471. The second-order valence-corrected chi connectivity index (χ2v) is 5.94. The SMILES string of the molecule is CC1(C)CCCN1CCC(=O)Nc1ccc(F)c(N)c1. The van der Waals surface area contributed by atoms with E-state index in [-0.39, 0.29) is 17.1 Å². The summed E-state index contributed by atoms with van der Waals surface area (Å²) in [5, 5.41) is 2.75. The Morgan fingerprint density at radius 1 is 1.50 bits per heavy atom. The molecule has 1 aliphatic heterocycles. The lowest BCUT2D eigenvalue weighted by Crippen LogP contribution is -2.39. The number of carbonyl (C=O) groups excluding carboxylic acids is 1. The number of anilines is 2. The first-order valence-electron chi connectivity index (χ1n) is 6.98. The highest BCUT2D eigenvalue weighted by molar-refractivity contribution is 5.91. The average Bonchev–Trinajstić information content (AvgIpc) is 2.70. The van der Waals surface area contributed by atoms with E-state index in [1.54, 1.807) is 0 Å². The zero-order chi connectivity index (χ0) is 14.8. The number of nitrogens with one attached hydrogen (secondary N) is 1. The third-order valence-corrected chi connectivity index (χ3v) is 3.96. The lowest BCUT2D eigenvalue weighted by molar-refractivity contribution is -0.116. The minimum absolute atomic E-state index is 0.0449. The predicted molar refractivity (Wildman–Crippen MR) is 78.9 cm³/mol. The molecule has 0 atom stereocenters. The summed E-state index contributed by atoms with van der Waals surface area (Å²) >= 11 is 0. The Morgan fingerprint density at radius 2 is 2.25 bits per heavy atom. The van der Waals surface area contributed by atoms with Gasteiger partial charge in [0.1, 0.15) is 5.82 Å². The van der Waals surface area contributed by atoms with Crippen LogP contribution in [0.15, 0.2) is 18.2 Å². The number of halogens is 1. The number of nitrogens with two attached hydrogens (primary N) is 1. The van der Waals surface area contributed by atoms with E-state index in [1.165, 1.54) is 31.0 Å². The van der Waals surface area contributed by atoms with Crippen molar-refractivity contribution >= 4 is 17.3 Å². The van der Waals surface area contributed by atoms with Gasteiger partial charge in [-0.15, -0.1) is 0 Å². The maximum absolute atomic E-state index is 13.0. The zero-order valence-corrected chi connectivity index (χ0v) is 12.1. The van der Waals surface area contributed by atoms with E-state index in [1.807, 2.05) is 0 Å². The lowest BCUT2D eigenvalue weighted by atomic mass is 10.0. The fourth-order valence-corrected chi connectivity index (χ4v) is 2.66. The van der Waals surface area contributed by atoms with Crippen LogP contribution in [0.5, 0.6) is 0 Å². The van der Waals surface area contributed by atoms with E-state index in [2.05, 4.69) is 24.1 Å². The number of nitrogen functional groups attached to an aromatic ring is 1. The largest absolute Gasteiger partial charge is 0.396 e. The summed E-state index contributed by atoms with van der Waals surface area (Å²) in [6, 6.07) is 4.21. The molecule has 0 radical (unpaired) electrons. The Hall–Kier alpha value is -1.62. The molecule has 1 saturated heterocycles. The van der Waals surface area contributed by atoms with Gasteiger partial charge >= 0.3 is 0 Å². The van der Waals surface area contributed by atoms with Crippen molar-refractivity contribution in [1.82, 2.24) is 4.90 Å². The number of benzene rings is 1. The summed E-state index contributed by atoms with van der Waals surface area (Å²) in [5.41, 5.74) is 6.23. The van der Waals surface area contributed by atoms with E-state index >= 15 is 0 Å². The van der Waals surface area contributed by atoms with Gasteiger partial charge in [-0.25, -0.2) is 4.39 Å². The van der Waals surface area contributed by atoms with Crippen LogP contribution in [0.4, 0.5) is 15.8 Å². The molecule has 1 amide bonds. The molecular weight excluding hydrogens is 257 g/mol. The van der Waals surface area contributed by atoms with Gasteiger partial charge in [0.25, 0.3) is 0 Å². The summed E-state index contributed by atoms with van der Waals surface area (Å²) in [6.07, 6.45) is 2.78. The second-order valence-electron chi connectivity index (χ2n) is 5.94. The fraction of sp³-hybridized carbons (Fsp3) is 0.533. The highest BCUT2D eigenvalue weighted by Gasteiger charge is 2.31. The van der Waals surface area contributed by atoms with Gasteiger partial charge in [-0.05, 0) is 51.4 Å². The molecule has 1 aliphatic rings. The van der Waals surface area contributed by atoms with Crippen LogP contribution in [0, 0.1) is 5.82 Å². The van der Waals surface area contributed by atoms with Crippen LogP contribution in [0.3, 0.4) is 0 Å². The molecule has 0 aliphatic carbocycles.